The zero-order valence-corrected chi connectivity index (χ0v) is 12.5. The highest BCUT2D eigenvalue weighted by Crippen LogP contribution is 2.26. The van der Waals surface area contributed by atoms with Gasteiger partial charge in [-0.25, -0.2) is 4.39 Å². The van der Waals surface area contributed by atoms with E-state index in [9.17, 15) is 9.18 Å². The van der Waals surface area contributed by atoms with Gasteiger partial charge in [0.25, 0.3) is 5.56 Å². The Balaban J connectivity index is 2.46. The van der Waals surface area contributed by atoms with Crippen molar-refractivity contribution in [3.63, 3.8) is 0 Å². The second-order valence-electron chi connectivity index (χ2n) is 5.51. The summed E-state index contributed by atoms with van der Waals surface area (Å²) < 4.78 is 15.2. The highest BCUT2D eigenvalue weighted by Gasteiger charge is 2.16. The topological polar surface area (TPSA) is 47.5 Å². The van der Waals surface area contributed by atoms with Gasteiger partial charge in [0.05, 0.1) is 5.56 Å². The number of benzene rings is 1. The quantitative estimate of drug-likeness (QED) is 0.787. The van der Waals surface area contributed by atoms with E-state index in [0.717, 1.165) is 16.8 Å². The standard InChI is InChI=1S/C18H17FN2O/c1-11-5-3-8-15-10-16(12(2)20)17(18(22)21(11)15)13-6-4-7-14(19)9-13/h3-10,12H,20H2,1-2H3. The van der Waals surface area contributed by atoms with E-state index in [4.69, 9.17) is 5.73 Å². The maximum absolute atomic E-state index is 13.6. The van der Waals surface area contributed by atoms with Gasteiger partial charge in [-0.2, -0.15) is 0 Å². The van der Waals surface area contributed by atoms with Gasteiger partial charge in [0.2, 0.25) is 0 Å². The monoisotopic (exact) mass is 296 g/mol. The number of aryl methyl sites for hydroxylation is 1. The maximum Gasteiger partial charge on any atom is 0.263 e. The van der Waals surface area contributed by atoms with Crippen LogP contribution in [0.3, 0.4) is 0 Å². The minimum Gasteiger partial charge on any atom is -0.324 e. The molecule has 112 valence electrons. The Morgan fingerprint density at radius 2 is 1.86 bits per heavy atom. The Morgan fingerprint density at radius 1 is 1.14 bits per heavy atom. The van der Waals surface area contributed by atoms with E-state index in [1.807, 2.05) is 38.1 Å². The number of pyridine rings is 2. The van der Waals surface area contributed by atoms with Crippen molar-refractivity contribution in [1.29, 1.82) is 0 Å². The summed E-state index contributed by atoms with van der Waals surface area (Å²) in [6.45, 7) is 3.69. The van der Waals surface area contributed by atoms with Gasteiger partial charge in [0.1, 0.15) is 5.82 Å². The molecule has 3 rings (SSSR count). The Hall–Kier alpha value is -2.46. The molecule has 1 unspecified atom stereocenters. The largest absolute Gasteiger partial charge is 0.324 e. The average molecular weight is 296 g/mol. The fraction of sp³-hybridized carbons (Fsp3) is 0.167. The van der Waals surface area contributed by atoms with Crippen molar-refractivity contribution >= 4 is 5.52 Å². The van der Waals surface area contributed by atoms with Gasteiger partial charge < -0.3 is 5.73 Å². The van der Waals surface area contributed by atoms with E-state index in [-0.39, 0.29) is 17.4 Å². The first-order valence-corrected chi connectivity index (χ1v) is 7.16. The molecule has 2 aromatic heterocycles. The Morgan fingerprint density at radius 3 is 2.55 bits per heavy atom. The second-order valence-corrected chi connectivity index (χ2v) is 5.51. The number of nitrogens with zero attached hydrogens (tertiary/aromatic N) is 1. The third-order valence-corrected chi connectivity index (χ3v) is 3.83. The van der Waals surface area contributed by atoms with Gasteiger partial charge in [-0.15, -0.1) is 0 Å². The zero-order valence-electron chi connectivity index (χ0n) is 12.5. The van der Waals surface area contributed by atoms with E-state index < -0.39 is 0 Å². The molecule has 0 aliphatic carbocycles. The highest BCUT2D eigenvalue weighted by atomic mass is 19.1. The molecular weight excluding hydrogens is 279 g/mol. The molecule has 0 bridgehead atoms. The molecule has 2 heterocycles. The van der Waals surface area contributed by atoms with Crippen LogP contribution in [-0.2, 0) is 0 Å². The van der Waals surface area contributed by atoms with Gasteiger partial charge in [-0.1, -0.05) is 18.2 Å². The molecule has 3 nitrogen and oxygen atoms in total. The first-order valence-electron chi connectivity index (χ1n) is 7.16. The smallest absolute Gasteiger partial charge is 0.263 e. The number of hydrogen-bond acceptors (Lipinski definition) is 2. The van der Waals surface area contributed by atoms with Crippen molar-refractivity contribution in [2.75, 3.05) is 0 Å². The molecule has 4 heteroatoms. The maximum atomic E-state index is 13.6. The van der Waals surface area contributed by atoms with Crippen LogP contribution in [-0.4, -0.2) is 4.40 Å². The predicted octanol–water partition coefficient (Wildman–Crippen LogP) is 3.43. The molecular formula is C18H17FN2O. The number of nitrogens with two attached hydrogens (primary N) is 1. The normalized spacial score (nSPS) is 12.5. The van der Waals surface area contributed by atoms with E-state index >= 15 is 0 Å². The SMILES string of the molecule is Cc1cccc2cc(C(C)N)c(-c3cccc(F)c3)c(=O)n12. The summed E-state index contributed by atoms with van der Waals surface area (Å²) in [7, 11) is 0. The van der Waals surface area contributed by atoms with Crippen LogP contribution in [0.25, 0.3) is 16.6 Å². The molecule has 0 spiro atoms. The van der Waals surface area contributed by atoms with Crippen molar-refractivity contribution in [3.8, 4) is 11.1 Å². The zero-order chi connectivity index (χ0) is 15.9. The van der Waals surface area contributed by atoms with Crippen molar-refractivity contribution in [2.45, 2.75) is 19.9 Å². The van der Waals surface area contributed by atoms with Crippen LogP contribution in [0.15, 0.2) is 53.3 Å². The minimum absolute atomic E-state index is 0.173. The number of rotatable bonds is 2. The van der Waals surface area contributed by atoms with E-state index in [1.165, 1.54) is 12.1 Å². The minimum atomic E-state index is -0.373. The molecule has 0 saturated carbocycles. The lowest BCUT2D eigenvalue weighted by Crippen LogP contribution is -2.22. The Kier molecular flexibility index (Phi) is 3.54. The van der Waals surface area contributed by atoms with Gasteiger partial charge in [-0.05, 0) is 55.3 Å². The number of hydrogen-bond donors (Lipinski definition) is 1. The number of fused-ring (bicyclic) bond motifs is 1. The van der Waals surface area contributed by atoms with Crippen LogP contribution >= 0.6 is 0 Å². The fourth-order valence-corrected chi connectivity index (χ4v) is 2.79. The first-order chi connectivity index (χ1) is 10.5. The summed E-state index contributed by atoms with van der Waals surface area (Å²) in [4.78, 5) is 13.0. The molecule has 0 aliphatic rings. The van der Waals surface area contributed by atoms with Crippen LogP contribution in [0, 0.1) is 12.7 Å². The molecule has 2 N–H and O–H groups in total. The summed E-state index contributed by atoms with van der Waals surface area (Å²) in [6.07, 6.45) is 0. The molecule has 1 aromatic carbocycles. The van der Waals surface area contributed by atoms with Crippen LogP contribution in [0.2, 0.25) is 0 Å². The highest BCUT2D eigenvalue weighted by molar-refractivity contribution is 5.70. The molecule has 3 aromatic rings. The van der Waals surface area contributed by atoms with Crippen molar-refractivity contribution in [2.24, 2.45) is 5.73 Å². The van der Waals surface area contributed by atoms with Crippen LogP contribution in [0.1, 0.15) is 24.2 Å². The van der Waals surface area contributed by atoms with Gasteiger partial charge >= 0.3 is 0 Å². The summed E-state index contributed by atoms with van der Waals surface area (Å²) in [5.74, 6) is -0.373. The molecule has 0 fully saturated rings. The van der Waals surface area contributed by atoms with Crippen molar-refractivity contribution in [1.82, 2.24) is 4.40 Å². The lowest BCUT2D eigenvalue weighted by atomic mass is 9.96. The van der Waals surface area contributed by atoms with Crippen molar-refractivity contribution in [3.05, 3.63) is 76.0 Å². The van der Waals surface area contributed by atoms with E-state index in [0.29, 0.717) is 11.1 Å². The first kappa shape index (κ1) is 14.5. The van der Waals surface area contributed by atoms with Crippen LogP contribution in [0.4, 0.5) is 4.39 Å². The average Bonchev–Trinajstić information content (AvgIpc) is 2.46. The Bertz CT molecular complexity index is 913. The van der Waals surface area contributed by atoms with Gasteiger partial charge in [0.15, 0.2) is 0 Å². The summed E-state index contributed by atoms with van der Waals surface area (Å²) in [6, 6.07) is 13.3. The molecule has 1 atom stereocenters. The molecule has 0 aliphatic heterocycles. The summed E-state index contributed by atoms with van der Waals surface area (Å²) in [5, 5.41) is 0. The van der Waals surface area contributed by atoms with Crippen molar-refractivity contribution < 1.29 is 4.39 Å². The van der Waals surface area contributed by atoms with E-state index in [2.05, 4.69) is 0 Å². The molecule has 0 saturated heterocycles. The predicted molar refractivity (Wildman–Crippen MR) is 86.4 cm³/mol. The summed E-state index contributed by atoms with van der Waals surface area (Å²) >= 11 is 0. The summed E-state index contributed by atoms with van der Waals surface area (Å²) in [5.41, 5.74) is 9.23. The van der Waals surface area contributed by atoms with Crippen LogP contribution in [0.5, 0.6) is 0 Å². The third kappa shape index (κ3) is 2.31. The molecule has 0 amide bonds. The molecule has 22 heavy (non-hydrogen) atoms. The second kappa shape index (κ2) is 5.39. The van der Waals surface area contributed by atoms with Gasteiger partial charge in [0, 0.05) is 17.3 Å². The lowest BCUT2D eigenvalue weighted by molar-refractivity contribution is 0.628. The fourth-order valence-electron chi connectivity index (χ4n) is 2.79. The lowest BCUT2D eigenvalue weighted by Gasteiger charge is -2.16. The third-order valence-electron chi connectivity index (χ3n) is 3.83. The molecule has 0 radical (unpaired) electrons. The number of halogens is 1. The number of aromatic nitrogens is 1. The van der Waals surface area contributed by atoms with Gasteiger partial charge in [-0.3, -0.25) is 9.20 Å². The van der Waals surface area contributed by atoms with Crippen LogP contribution < -0.4 is 11.3 Å². The Labute approximate surface area is 127 Å². The van der Waals surface area contributed by atoms with E-state index in [1.54, 1.807) is 16.5 Å².